The van der Waals surface area contributed by atoms with Crippen molar-refractivity contribution in [3.63, 3.8) is 0 Å². The lowest BCUT2D eigenvalue weighted by atomic mass is 10.0. The van der Waals surface area contributed by atoms with E-state index in [0.29, 0.717) is 5.75 Å². The number of thioether (sulfide) groups is 1. The summed E-state index contributed by atoms with van der Waals surface area (Å²) in [6.07, 6.45) is 3.05. The molecule has 1 saturated heterocycles. The molecular weight excluding hydrogens is 400 g/mol. The highest BCUT2D eigenvalue weighted by molar-refractivity contribution is 7.99. The van der Waals surface area contributed by atoms with Gasteiger partial charge in [-0.1, -0.05) is 6.07 Å². The van der Waals surface area contributed by atoms with Gasteiger partial charge in [0.2, 0.25) is 0 Å². The average Bonchev–Trinajstić information content (AvgIpc) is 3.14. The number of nitrogens with zero attached hydrogens (tertiary/aromatic N) is 2. The van der Waals surface area contributed by atoms with E-state index in [9.17, 15) is 9.90 Å². The highest BCUT2D eigenvalue weighted by Gasteiger charge is 2.25. The molecule has 0 saturated carbocycles. The molecule has 0 aliphatic carbocycles. The number of aromatic hydroxyl groups is 1. The molecule has 1 atom stereocenters. The van der Waals surface area contributed by atoms with Gasteiger partial charge in [0, 0.05) is 37.1 Å². The molecule has 3 aromatic rings. The van der Waals surface area contributed by atoms with Crippen molar-refractivity contribution in [1.29, 1.82) is 0 Å². The summed E-state index contributed by atoms with van der Waals surface area (Å²) in [4.78, 5) is 17.5. The van der Waals surface area contributed by atoms with E-state index < -0.39 is 0 Å². The number of carbonyl (C=O) groups excluding carboxylic acids is 1. The summed E-state index contributed by atoms with van der Waals surface area (Å²) in [7, 11) is 3.63. The summed E-state index contributed by atoms with van der Waals surface area (Å²) < 4.78 is 11.4. The molecule has 1 aliphatic rings. The van der Waals surface area contributed by atoms with Crippen LogP contribution >= 0.6 is 11.8 Å². The standard InChI is InChI=1S/C23H26N2O4S/c1-24-8-10-25(11-9-24)18(14-26)15-5-7-20-17(12-15)23(30-3)22(29-20)16-4-6-19(27)21(13-16)28-2/h4-7,12-14,18,27H,8-11H2,1-3H3. The zero-order chi connectivity index (χ0) is 21.3. The third-order valence-electron chi connectivity index (χ3n) is 5.71. The highest BCUT2D eigenvalue weighted by Crippen LogP contribution is 2.42. The Morgan fingerprint density at radius 2 is 1.93 bits per heavy atom. The number of hydrogen-bond acceptors (Lipinski definition) is 7. The number of furan rings is 1. The first kappa shape index (κ1) is 20.8. The van der Waals surface area contributed by atoms with Gasteiger partial charge in [0.15, 0.2) is 11.5 Å². The number of fused-ring (bicyclic) bond motifs is 1. The van der Waals surface area contributed by atoms with E-state index in [0.717, 1.165) is 65.2 Å². The Morgan fingerprint density at radius 1 is 1.17 bits per heavy atom. The van der Waals surface area contributed by atoms with E-state index in [4.69, 9.17) is 9.15 Å². The van der Waals surface area contributed by atoms with Gasteiger partial charge in [0.1, 0.15) is 17.6 Å². The van der Waals surface area contributed by atoms with Gasteiger partial charge in [-0.25, -0.2) is 0 Å². The molecule has 1 aromatic heterocycles. The number of carbonyl (C=O) groups is 1. The minimum Gasteiger partial charge on any atom is -0.504 e. The van der Waals surface area contributed by atoms with Gasteiger partial charge < -0.3 is 24.0 Å². The Hall–Kier alpha value is -2.48. The Morgan fingerprint density at radius 3 is 2.60 bits per heavy atom. The molecule has 0 amide bonds. The molecule has 4 rings (SSSR count). The van der Waals surface area contributed by atoms with E-state index in [1.165, 1.54) is 7.11 Å². The molecule has 158 valence electrons. The minimum absolute atomic E-state index is 0.0892. The van der Waals surface area contributed by atoms with Crippen molar-refractivity contribution in [2.75, 3.05) is 46.6 Å². The largest absolute Gasteiger partial charge is 0.504 e. The maximum atomic E-state index is 12.0. The average molecular weight is 427 g/mol. The SMILES string of the molecule is COc1cc(-c2oc3ccc(C(C=O)N4CCN(C)CC4)cc3c2SC)ccc1O. The van der Waals surface area contributed by atoms with E-state index >= 15 is 0 Å². The second-order valence-corrected chi connectivity index (χ2v) is 8.34. The van der Waals surface area contributed by atoms with Gasteiger partial charge in [0.05, 0.1) is 18.0 Å². The Bertz CT molecular complexity index is 1060. The summed E-state index contributed by atoms with van der Waals surface area (Å²) in [5, 5.41) is 10.9. The van der Waals surface area contributed by atoms with Gasteiger partial charge in [-0.3, -0.25) is 4.90 Å². The summed E-state index contributed by atoms with van der Waals surface area (Å²) in [5.41, 5.74) is 2.58. The number of piperazine rings is 1. The van der Waals surface area contributed by atoms with E-state index in [2.05, 4.69) is 22.9 Å². The lowest BCUT2D eigenvalue weighted by molar-refractivity contribution is -0.113. The Kier molecular flexibility index (Phi) is 6.04. The van der Waals surface area contributed by atoms with Gasteiger partial charge in [0.25, 0.3) is 0 Å². The van der Waals surface area contributed by atoms with E-state index in [1.54, 1.807) is 23.9 Å². The third-order valence-corrected chi connectivity index (χ3v) is 6.53. The molecule has 1 unspecified atom stereocenters. The van der Waals surface area contributed by atoms with Crippen LogP contribution in [0.2, 0.25) is 0 Å². The molecular formula is C23H26N2O4S. The van der Waals surface area contributed by atoms with Crippen molar-refractivity contribution in [1.82, 2.24) is 9.80 Å². The van der Waals surface area contributed by atoms with Crippen LogP contribution in [0.25, 0.3) is 22.3 Å². The monoisotopic (exact) mass is 426 g/mol. The van der Waals surface area contributed by atoms with Crippen molar-refractivity contribution in [2.45, 2.75) is 10.9 Å². The fraction of sp³-hybridized carbons (Fsp3) is 0.348. The van der Waals surface area contributed by atoms with Crippen molar-refractivity contribution >= 4 is 29.0 Å². The molecule has 1 aliphatic heterocycles. The molecule has 0 bridgehead atoms. The minimum atomic E-state index is -0.259. The zero-order valence-corrected chi connectivity index (χ0v) is 18.2. The first-order chi connectivity index (χ1) is 14.5. The third kappa shape index (κ3) is 3.80. The number of methoxy groups -OCH3 is 1. The number of ether oxygens (including phenoxy) is 1. The van der Waals surface area contributed by atoms with E-state index in [-0.39, 0.29) is 11.8 Å². The number of phenolic OH excluding ortho intramolecular Hbond substituents is 1. The maximum absolute atomic E-state index is 12.0. The molecule has 7 heteroatoms. The van der Waals surface area contributed by atoms with Crippen LogP contribution in [0.5, 0.6) is 11.5 Å². The van der Waals surface area contributed by atoms with Crippen molar-refractivity contribution in [2.24, 2.45) is 0 Å². The number of likely N-dealkylation sites (N-methyl/N-ethyl adjacent to an activating group) is 1. The number of aldehydes is 1. The summed E-state index contributed by atoms with van der Waals surface area (Å²) >= 11 is 1.60. The van der Waals surface area contributed by atoms with Crippen LogP contribution < -0.4 is 4.74 Å². The summed E-state index contributed by atoms with van der Waals surface area (Å²) in [5.74, 6) is 1.22. The number of hydrogen-bond donors (Lipinski definition) is 1. The number of rotatable bonds is 6. The van der Waals surface area contributed by atoms with Gasteiger partial charge in [-0.05, 0) is 49.2 Å². The summed E-state index contributed by atoms with van der Waals surface area (Å²) in [6, 6.07) is 10.9. The lowest BCUT2D eigenvalue weighted by Gasteiger charge is -2.35. The topological polar surface area (TPSA) is 66.2 Å². The van der Waals surface area contributed by atoms with Gasteiger partial charge in [-0.2, -0.15) is 0 Å². The molecule has 0 spiro atoms. The van der Waals surface area contributed by atoms with Crippen LogP contribution in [0, 0.1) is 0 Å². The fourth-order valence-electron chi connectivity index (χ4n) is 3.96. The summed E-state index contributed by atoms with van der Waals surface area (Å²) in [6.45, 7) is 3.66. The smallest absolute Gasteiger partial charge is 0.161 e. The number of phenols is 1. The van der Waals surface area contributed by atoms with Crippen LogP contribution in [-0.4, -0.2) is 67.8 Å². The lowest BCUT2D eigenvalue weighted by Crippen LogP contribution is -2.46. The Balaban J connectivity index is 1.75. The van der Waals surface area contributed by atoms with E-state index in [1.807, 2.05) is 24.5 Å². The molecule has 6 nitrogen and oxygen atoms in total. The molecule has 2 aromatic carbocycles. The first-order valence-corrected chi connectivity index (χ1v) is 11.1. The second kappa shape index (κ2) is 8.71. The normalized spacial score (nSPS) is 16.6. The predicted molar refractivity (Wildman–Crippen MR) is 120 cm³/mol. The predicted octanol–water partition coefficient (Wildman–Crippen LogP) is 4.02. The maximum Gasteiger partial charge on any atom is 0.161 e. The Labute approximate surface area is 180 Å². The second-order valence-electron chi connectivity index (χ2n) is 7.53. The molecule has 30 heavy (non-hydrogen) atoms. The van der Waals surface area contributed by atoms with Gasteiger partial charge in [-0.15, -0.1) is 11.8 Å². The molecule has 1 fully saturated rings. The van der Waals surface area contributed by atoms with Crippen molar-refractivity contribution in [3.8, 4) is 22.8 Å². The molecule has 2 heterocycles. The van der Waals surface area contributed by atoms with Crippen LogP contribution in [0.15, 0.2) is 45.7 Å². The van der Waals surface area contributed by atoms with Crippen LogP contribution in [0.4, 0.5) is 0 Å². The first-order valence-electron chi connectivity index (χ1n) is 9.91. The highest BCUT2D eigenvalue weighted by atomic mass is 32.2. The van der Waals surface area contributed by atoms with Crippen molar-refractivity contribution < 1.29 is 19.1 Å². The van der Waals surface area contributed by atoms with Crippen LogP contribution in [0.1, 0.15) is 11.6 Å². The molecule has 0 radical (unpaired) electrons. The zero-order valence-electron chi connectivity index (χ0n) is 17.4. The van der Waals surface area contributed by atoms with Crippen LogP contribution in [-0.2, 0) is 4.79 Å². The van der Waals surface area contributed by atoms with Gasteiger partial charge >= 0.3 is 0 Å². The fourth-order valence-corrected chi connectivity index (χ4v) is 4.69. The quantitative estimate of drug-likeness (QED) is 0.472. The van der Waals surface area contributed by atoms with Crippen LogP contribution in [0.3, 0.4) is 0 Å². The van der Waals surface area contributed by atoms with Crippen molar-refractivity contribution in [3.05, 3.63) is 42.0 Å². The number of benzene rings is 2. The molecule has 1 N–H and O–H groups in total.